The first-order valence-corrected chi connectivity index (χ1v) is 5.36. The van der Waals surface area contributed by atoms with Crippen molar-refractivity contribution in [2.45, 2.75) is 24.7 Å². The second-order valence-corrected chi connectivity index (χ2v) is 4.51. The van der Waals surface area contributed by atoms with Gasteiger partial charge in [0.2, 0.25) is 5.78 Å². The van der Waals surface area contributed by atoms with Crippen molar-refractivity contribution >= 4 is 17.4 Å². The number of nitrogens with one attached hydrogen (secondary N) is 1. The van der Waals surface area contributed by atoms with Crippen LogP contribution in [0.5, 0.6) is 0 Å². The predicted molar refractivity (Wildman–Crippen MR) is 61.8 cm³/mol. The Bertz CT molecular complexity index is 525. The predicted octanol–water partition coefficient (Wildman–Crippen LogP) is 0.0520. The van der Waals surface area contributed by atoms with E-state index in [2.05, 4.69) is 5.32 Å². The van der Waals surface area contributed by atoms with Crippen molar-refractivity contribution in [2.75, 3.05) is 5.32 Å². The Morgan fingerprint density at radius 2 is 1.89 bits per heavy atom. The Kier molecular flexibility index (Phi) is 2.64. The number of benzene rings is 1. The molecule has 1 heterocycles. The van der Waals surface area contributed by atoms with Gasteiger partial charge in [-0.25, -0.2) is 4.79 Å². The maximum absolute atomic E-state index is 11.3. The van der Waals surface area contributed by atoms with Crippen molar-refractivity contribution in [3.63, 3.8) is 0 Å². The number of Topliss-reactive ketones (excluding diaryl/α,β-unsaturated/α-hetero) is 1. The van der Waals surface area contributed by atoms with Crippen LogP contribution in [0.4, 0.5) is 5.69 Å². The standard InChI is InChI=1S/C12H13NO5/c1-11(17)12(18,6-9(14)10(15)16)7-4-2-3-5-8(7)13-11/h2-5,13,17-18H,6H2,1H3,(H,15,16)/t11?,12-/m0/s1. The van der Waals surface area contributed by atoms with Crippen molar-refractivity contribution in [1.82, 2.24) is 0 Å². The van der Waals surface area contributed by atoms with Gasteiger partial charge in [-0.15, -0.1) is 0 Å². The lowest BCUT2D eigenvalue weighted by Gasteiger charge is -2.34. The number of carbonyl (C=O) groups excluding carboxylic acids is 1. The number of ketones is 1. The molecule has 0 aromatic heterocycles. The van der Waals surface area contributed by atoms with E-state index in [9.17, 15) is 19.8 Å². The zero-order chi connectivity index (χ0) is 13.6. The number of fused-ring (bicyclic) bond motifs is 1. The van der Waals surface area contributed by atoms with Crippen LogP contribution in [0.2, 0.25) is 0 Å². The van der Waals surface area contributed by atoms with Gasteiger partial charge in [0.25, 0.3) is 0 Å². The van der Waals surface area contributed by atoms with Crippen LogP contribution in [-0.2, 0) is 15.2 Å². The molecule has 2 atom stereocenters. The summed E-state index contributed by atoms with van der Waals surface area (Å²) in [5.41, 5.74) is -2.98. The highest BCUT2D eigenvalue weighted by Crippen LogP contribution is 2.46. The molecule has 0 saturated heterocycles. The van der Waals surface area contributed by atoms with Crippen LogP contribution >= 0.6 is 0 Å². The minimum absolute atomic E-state index is 0.310. The zero-order valence-electron chi connectivity index (χ0n) is 9.67. The van der Waals surface area contributed by atoms with Gasteiger partial charge in [-0.3, -0.25) is 4.79 Å². The topological polar surface area (TPSA) is 107 Å². The summed E-state index contributed by atoms with van der Waals surface area (Å²) in [5.74, 6) is -2.79. The average molecular weight is 251 g/mol. The summed E-state index contributed by atoms with van der Waals surface area (Å²) in [6, 6.07) is 6.51. The lowest BCUT2D eigenvalue weighted by atomic mass is 9.83. The van der Waals surface area contributed by atoms with Gasteiger partial charge in [-0.05, 0) is 13.0 Å². The Labute approximate surface area is 103 Å². The Morgan fingerprint density at radius 1 is 1.28 bits per heavy atom. The van der Waals surface area contributed by atoms with E-state index < -0.39 is 29.5 Å². The zero-order valence-corrected chi connectivity index (χ0v) is 9.67. The van der Waals surface area contributed by atoms with Gasteiger partial charge >= 0.3 is 5.97 Å². The molecule has 0 amide bonds. The fraction of sp³-hybridized carbons (Fsp3) is 0.333. The van der Waals surface area contributed by atoms with Crippen molar-refractivity contribution in [3.05, 3.63) is 29.8 Å². The number of hydrogen-bond donors (Lipinski definition) is 4. The van der Waals surface area contributed by atoms with Gasteiger partial charge in [0, 0.05) is 11.3 Å². The summed E-state index contributed by atoms with van der Waals surface area (Å²) in [5, 5.41) is 31.9. The molecule has 6 nitrogen and oxygen atoms in total. The molecule has 1 aliphatic heterocycles. The quantitative estimate of drug-likeness (QED) is 0.566. The SMILES string of the molecule is CC1(O)Nc2ccccc2[C@@]1(O)CC(=O)C(=O)O. The molecule has 1 aromatic rings. The molecule has 0 bridgehead atoms. The van der Waals surface area contributed by atoms with Crippen molar-refractivity contribution in [3.8, 4) is 0 Å². The van der Waals surface area contributed by atoms with Crippen LogP contribution in [0, 0.1) is 0 Å². The number of aliphatic hydroxyl groups is 2. The molecule has 4 N–H and O–H groups in total. The van der Waals surface area contributed by atoms with E-state index in [1.807, 2.05) is 0 Å². The molecule has 96 valence electrons. The fourth-order valence-electron chi connectivity index (χ4n) is 2.16. The summed E-state index contributed by atoms with van der Waals surface area (Å²) in [4.78, 5) is 21.9. The lowest BCUT2D eigenvalue weighted by molar-refractivity contribution is -0.160. The first-order valence-electron chi connectivity index (χ1n) is 5.36. The summed E-state index contributed by atoms with van der Waals surface area (Å²) in [7, 11) is 0. The van der Waals surface area contributed by atoms with Crippen LogP contribution in [0.15, 0.2) is 24.3 Å². The van der Waals surface area contributed by atoms with Crippen LogP contribution in [0.3, 0.4) is 0 Å². The first kappa shape index (κ1) is 12.5. The average Bonchev–Trinajstić information content (AvgIpc) is 2.47. The number of carboxylic acid groups (broad SMARTS) is 1. The third kappa shape index (κ3) is 1.66. The monoisotopic (exact) mass is 251 g/mol. The maximum Gasteiger partial charge on any atom is 0.372 e. The molecular weight excluding hydrogens is 238 g/mol. The molecule has 0 fully saturated rings. The third-order valence-electron chi connectivity index (χ3n) is 3.21. The first-order chi connectivity index (χ1) is 8.28. The van der Waals surface area contributed by atoms with Crippen molar-refractivity contribution in [2.24, 2.45) is 0 Å². The van der Waals surface area contributed by atoms with Crippen LogP contribution in [-0.4, -0.2) is 32.8 Å². The number of aliphatic carboxylic acids is 1. The van der Waals surface area contributed by atoms with E-state index >= 15 is 0 Å². The molecule has 6 heteroatoms. The number of para-hydroxylation sites is 1. The number of rotatable bonds is 3. The highest BCUT2D eigenvalue weighted by Gasteiger charge is 2.55. The van der Waals surface area contributed by atoms with Gasteiger partial charge < -0.3 is 20.6 Å². The molecule has 0 aliphatic carbocycles. The van der Waals surface area contributed by atoms with Gasteiger partial charge in [0.05, 0.1) is 6.42 Å². The highest BCUT2D eigenvalue weighted by molar-refractivity contribution is 6.33. The molecule has 0 radical (unpaired) electrons. The van der Waals surface area contributed by atoms with Gasteiger partial charge in [0.1, 0.15) is 5.60 Å². The second-order valence-electron chi connectivity index (χ2n) is 4.51. The third-order valence-corrected chi connectivity index (χ3v) is 3.21. The molecule has 0 saturated carbocycles. The van der Waals surface area contributed by atoms with Crippen LogP contribution < -0.4 is 5.32 Å². The minimum atomic E-state index is -1.96. The Hall–Kier alpha value is -1.92. The number of hydrogen-bond acceptors (Lipinski definition) is 5. The number of anilines is 1. The Balaban J connectivity index is 2.46. The molecule has 0 spiro atoms. The second kappa shape index (κ2) is 3.79. The fourth-order valence-corrected chi connectivity index (χ4v) is 2.16. The van der Waals surface area contributed by atoms with E-state index in [0.717, 1.165) is 0 Å². The summed E-state index contributed by atoms with van der Waals surface area (Å²) < 4.78 is 0. The number of carbonyl (C=O) groups is 2. The van der Waals surface area contributed by atoms with Gasteiger partial charge in [0.15, 0.2) is 5.72 Å². The van der Waals surface area contributed by atoms with Gasteiger partial charge in [-0.2, -0.15) is 0 Å². The van der Waals surface area contributed by atoms with Crippen LogP contribution in [0.25, 0.3) is 0 Å². The summed E-state index contributed by atoms with van der Waals surface area (Å²) in [6.07, 6.45) is -0.695. The number of carboxylic acids is 1. The van der Waals surface area contributed by atoms with E-state index in [4.69, 9.17) is 5.11 Å². The maximum atomic E-state index is 11.3. The van der Waals surface area contributed by atoms with Gasteiger partial charge in [-0.1, -0.05) is 18.2 Å². The lowest BCUT2D eigenvalue weighted by Crippen LogP contribution is -2.51. The van der Waals surface area contributed by atoms with E-state index in [-0.39, 0.29) is 0 Å². The highest BCUT2D eigenvalue weighted by atomic mass is 16.4. The molecule has 1 unspecified atom stereocenters. The normalized spacial score (nSPS) is 29.5. The van der Waals surface area contributed by atoms with Crippen molar-refractivity contribution in [1.29, 1.82) is 0 Å². The largest absolute Gasteiger partial charge is 0.475 e. The molecule has 18 heavy (non-hydrogen) atoms. The molecule has 1 aliphatic rings. The van der Waals surface area contributed by atoms with E-state index in [1.165, 1.54) is 6.92 Å². The molecular formula is C12H13NO5. The summed E-state index contributed by atoms with van der Waals surface area (Å²) >= 11 is 0. The molecule has 1 aromatic carbocycles. The Morgan fingerprint density at radius 3 is 2.50 bits per heavy atom. The van der Waals surface area contributed by atoms with Crippen molar-refractivity contribution < 1.29 is 24.9 Å². The smallest absolute Gasteiger partial charge is 0.372 e. The van der Waals surface area contributed by atoms with E-state index in [0.29, 0.717) is 11.3 Å². The molecule has 2 rings (SSSR count). The summed E-state index contributed by atoms with van der Waals surface area (Å²) in [6.45, 7) is 1.29. The minimum Gasteiger partial charge on any atom is -0.475 e. The van der Waals surface area contributed by atoms with Crippen LogP contribution in [0.1, 0.15) is 18.9 Å². The van der Waals surface area contributed by atoms with E-state index in [1.54, 1.807) is 24.3 Å².